The molecule has 0 radical (unpaired) electrons. The zero-order valence-electron chi connectivity index (χ0n) is 17.6. The lowest BCUT2D eigenvalue weighted by molar-refractivity contribution is 0.395. The molecule has 1 aromatic carbocycles. The molecule has 0 aliphatic carbocycles. The van der Waals surface area contributed by atoms with Crippen LogP contribution in [0.4, 0.5) is 5.82 Å². The Morgan fingerprint density at radius 2 is 2.03 bits per heavy atom. The first-order chi connectivity index (χ1) is 15.2. The fourth-order valence-electron chi connectivity index (χ4n) is 4.02. The number of hydrogen-bond acceptors (Lipinski definition) is 6. The number of fused-ring (bicyclic) bond motifs is 1. The zero-order valence-corrected chi connectivity index (χ0v) is 19.7. The predicted octanol–water partition coefficient (Wildman–Crippen LogP) is 4.11. The van der Waals surface area contributed by atoms with E-state index in [1.807, 2.05) is 47.4 Å². The molecule has 1 aliphatic heterocycles. The van der Waals surface area contributed by atoms with E-state index in [0.29, 0.717) is 15.8 Å². The molecule has 0 bridgehead atoms. The Morgan fingerprint density at radius 3 is 2.77 bits per heavy atom. The van der Waals surface area contributed by atoms with Crippen LogP contribution >= 0.6 is 22.6 Å². The fourth-order valence-corrected chi connectivity index (χ4v) is 4.93. The summed E-state index contributed by atoms with van der Waals surface area (Å²) in [4.78, 5) is 16.8. The maximum atomic E-state index is 5.56. The van der Waals surface area contributed by atoms with Gasteiger partial charge in [-0.25, -0.2) is 9.67 Å². The molecule has 31 heavy (non-hydrogen) atoms. The second kappa shape index (κ2) is 8.45. The van der Waals surface area contributed by atoms with E-state index in [1.54, 1.807) is 11.8 Å². The fraction of sp³-hybridized carbons (Fsp3) is 0.364. The third-order valence-corrected chi connectivity index (χ3v) is 6.62. The Morgan fingerprint density at radius 1 is 1.19 bits per heavy atom. The van der Waals surface area contributed by atoms with Crippen LogP contribution in [-0.2, 0) is 6.54 Å². The van der Waals surface area contributed by atoms with Gasteiger partial charge in [0.05, 0.1) is 19.0 Å². The van der Waals surface area contributed by atoms with Gasteiger partial charge in [-0.1, -0.05) is 52.9 Å². The van der Waals surface area contributed by atoms with Gasteiger partial charge in [-0.15, -0.1) is 5.10 Å². The summed E-state index contributed by atoms with van der Waals surface area (Å²) >= 11 is 2.53. The molecule has 4 heterocycles. The molecule has 4 aromatic rings. The quantitative estimate of drug-likeness (QED) is 0.286. The molecular weight excluding hydrogens is 505 g/mol. The number of methoxy groups -OCH3 is 1. The van der Waals surface area contributed by atoms with Crippen LogP contribution in [0.15, 0.2) is 42.9 Å². The Bertz CT molecular complexity index is 1200. The van der Waals surface area contributed by atoms with Crippen LogP contribution in [0.1, 0.15) is 19.8 Å². The Hall–Kier alpha value is -2.69. The Kier molecular flexibility index (Phi) is 5.51. The lowest BCUT2D eigenvalue weighted by atomic mass is 10.1. The maximum Gasteiger partial charge on any atom is 0.254 e. The van der Waals surface area contributed by atoms with Gasteiger partial charge in [-0.3, -0.25) is 0 Å². The van der Waals surface area contributed by atoms with Gasteiger partial charge in [0, 0.05) is 29.8 Å². The molecule has 0 spiro atoms. The van der Waals surface area contributed by atoms with Gasteiger partial charge in [0.1, 0.15) is 0 Å². The van der Waals surface area contributed by atoms with E-state index in [0.717, 1.165) is 54.2 Å². The minimum atomic E-state index is 0.522. The number of rotatable bonds is 5. The van der Waals surface area contributed by atoms with Crippen LogP contribution in [-0.4, -0.2) is 53.4 Å². The summed E-state index contributed by atoms with van der Waals surface area (Å²) in [6, 6.07) is 10.1. The number of nitrogens with zero attached hydrogens (tertiary/aromatic N) is 7. The lowest BCUT2D eigenvalue weighted by Gasteiger charge is -2.31. The molecule has 1 aliphatic rings. The number of aryl methyl sites for hydroxylation is 1. The Labute approximate surface area is 194 Å². The molecule has 3 aromatic heterocycles. The van der Waals surface area contributed by atoms with E-state index >= 15 is 0 Å². The number of imidazole rings is 1. The minimum absolute atomic E-state index is 0.522. The van der Waals surface area contributed by atoms with Crippen molar-refractivity contribution < 1.29 is 4.74 Å². The highest BCUT2D eigenvalue weighted by Crippen LogP contribution is 2.31. The smallest absolute Gasteiger partial charge is 0.254 e. The topological polar surface area (TPSA) is 73.9 Å². The highest BCUT2D eigenvalue weighted by Gasteiger charge is 2.24. The number of ether oxygens (including phenoxy) is 1. The van der Waals surface area contributed by atoms with Crippen LogP contribution in [0.3, 0.4) is 0 Å². The van der Waals surface area contributed by atoms with Crippen molar-refractivity contribution in [2.75, 3.05) is 25.1 Å². The highest BCUT2D eigenvalue weighted by molar-refractivity contribution is 14.1. The maximum absolute atomic E-state index is 5.56. The van der Waals surface area contributed by atoms with Gasteiger partial charge in [-0.2, -0.15) is 9.97 Å². The van der Waals surface area contributed by atoms with Crippen molar-refractivity contribution in [2.45, 2.75) is 30.2 Å². The third-order valence-electron chi connectivity index (χ3n) is 5.60. The molecule has 8 nitrogen and oxygen atoms in total. The van der Waals surface area contributed by atoms with E-state index in [4.69, 9.17) is 14.7 Å². The first-order valence-electron chi connectivity index (χ1n) is 10.5. The molecule has 1 fully saturated rings. The van der Waals surface area contributed by atoms with E-state index in [1.165, 1.54) is 6.42 Å². The molecule has 160 valence electrons. The zero-order chi connectivity index (χ0) is 21.4. The summed E-state index contributed by atoms with van der Waals surface area (Å²) in [7, 11) is 1.63. The SMILES string of the molecule is CCn1cnc2c(N3CCCC(I)C3)nc(-n3cc(-c4ccccc4)c(OC)n3)nc21. The van der Waals surface area contributed by atoms with Crippen molar-refractivity contribution in [3.8, 4) is 23.0 Å². The summed E-state index contributed by atoms with van der Waals surface area (Å²) in [5.41, 5.74) is 3.62. The van der Waals surface area contributed by atoms with Gasteiger partial charge < -0.3 is 14.2 Å². The van der Waals surface area contributed by atoms with Crippen molar-refractivity contribution in [3.05, 3.63) is 42.9 Å². The van der Waals surface area contributed by atoms with E-state index in [9.17, 15) is 0 Å². The number of benzene rings is 1. The van der Waals surface area contributed by atoms with Crippen LogP contribution in [0.5, 0.6) is 5.88 Å². The molecule has 0 saturated carbocycles. The predicted molar refractivity (Wildman–Crippen MR) is 129 cm³/mol. The van der Waals surface area contributed by atoms with Crippen molar-refractivity contribution in [3.63, 3.8) is 0 Å². The largest absolute Gasteiger partial charge is 0.479 e. The van der Waals surface area contributed by atoms with Crippen LogP contribution in [0, 0.1) is 0 Å². The second-order valence-electron chi connectivity index (χ2n) is 7.60. The second-order valence-corrected chi connectivity index (χ2v) is 9.36. The molecule has 1 atom stereocenters. The molecule has 1 saturated heterocycles. The van der Waals surface area contributed by atoms with Crippen molar-refractivity contribution in [2.24, 2.45) is 0 Å². The van der Waals surface area contributed by atoms with Gasteiger partial charge >= 0.3 is 0 Å². The molecule has 0 N–H and O–H groups in total. The summed E-state index contributed by atoms with van der Waals surface area (Å²) in [6.07, 6.45) is 6.16. The summed E-state index contributed by atoms with van der Waals surface area (Å²) in [5.74, 6) is 1.95. The average molecular weight is 529 g/mol. The molecular formula is C22H24IN7O. The molecule has 0 amide bonds. The number of aromatic nitrogens is 6. The molecule has 5 rings (SSSR count). The van der Waals surface area contributed by atoms with Gasteiger partial charge in [0.15, 0.2) is 17.0 Å². The van der Waals surface area contributed by atoms with Crippen LogP contribution < -0.4 is 9.64 Å². The van der Waals surface area contributed by atoms with E-state index < -0.39 is 0 Å². The summed E-state index contributed by atoms with van der Waals surface area (Å²) in [5, 5.41) is 4.64. The lowest BCUT2D eigenvalue weighted by Crippen LogP contribution is -2.36. The van der Waals surface area contributed by atoms with E-state index in [-0.39, 0.29) is 0 Å². The van der Waals surface area contributed by atoms with Gasteiger partial charge in [0.25, 0.3) is 5.95 Å². The van der Waals surface area contributed by atoms with Crippen LogP contribution in [0.25, 0.3) is 28.2 Å². The van der Waals surface area contributed by atoms with Gasteiger partial charge in [0.2, 0.25) is 5.88 Å². The first-order valence-corrected chi connectivity index (χ1v) is 11.7. The summed E-state index contributed by atoms with van der Waals surface area (Å²) < 4.78 is 9.92. The van der Waals surface area contributed by atoms with Crippen molar-refractivity contribution >= 4 is 39.6 Å². The number of hydrogen-bond donors (Lipinski definition) is 0. The minimum Gasteiger partial charge on any atom is -0.479 e. The van der Waals surface area contributed by atoms with Crippen LogP contribution in [0.2, 0.25) is 0 Å². The molecule has 1 unspecified atom stereocenters. The van der Waals surface area contributed by atoms with E-state index in [2.05, 4.69) is 44.5 Å². The summed E-state index contributed by atoms with van der Waals surface area (Å²) in [6.45, 7) is 4.82. The molecule has 9 heteroatoms. The average Bonchev–Trinajstić information content (AvgIpc) is 3.43. The number of anilines is 1. The monoisotopic (exact) mass is 529 g/mol. The van der Waals surface area contributed by atoms with Gasteiger partial charge in [-0.05, 0) is 25.3 Å². The highest BCUT2D eigenvalue weighted by atomic mass is 127. The van der Waals surface area contributed by atoms with Crippen molar-refractivity contribution in [1.82, 2.24) is 29.3 Å². The number of piperidine rings is 1. The first kappa shape index (κ1) is 20.2. The third kappa shape index (κ3) is 3.75. The standard InChI is InChI=1S/C22H24IN7O/c1-3-28-14-24-18-19(28)25-22(26-20(18)29-11-7-10-16(23)12-29)30-13-17(21(27-30)31-2)15-8-5-4-6-9-15/h4-6,8-9,13-14,16H,3,7,10-12H2,1-2H3. The number of alkyl halides is 1. The number of halogens is 1. The Balaban J connectivity index is 1.66. The normalized spacial score (nSPS) is 16.7. The van der Waals surface area contributed by atoms with Crippen molar-refractivity contribution in [1.29, 1.82) is 0 Å².